The summed E-state index contributed by atoms with van der Waals surface area (Å²) in [6, 6.07) is 10.6. The van der Waals surface area contributed by atoms with E-state index in [4.69, 9.17) is 0 Å². The fourth-order valence-corrected chi connectivity index (χ4v) is 2.49. The Balaban J connectivity index is 1.89. The van der Waals surface area contributed by atoms with E-state index < -0.39 is 0 Å². The van der Waals surface area contributed by atoms with Crippen molar-refractivity contribution in [3.63, 3.8) is 0 Å². The SMILES string of the molecule is CCCCc1ccc(-c2nc3ccc(CC)cc3[nH]2)nc1. The smallest absolute Gasteiger partial charge is 0.157 e. The average Bonchev–Trinajstić information content (AvgIpc) is 2.96. The van der Waals surface area contributed by atoms with Crippen molar-refractivity contribution >= 4 is 11.0 Å². The molecule has 3 heteroatoms. The number of nitrogens with one attached hydrogen (secondary N) is 1. The summed E-state index contributed by atoms with van der Waals surface area (Å²) in [7, 11) is 0. The van der Waals surface area contributed by atoms with Crippen molar-refractivity contribution in [2.45, 2.75) is 39.5 Å². The first-order valence-corrected chi connectivity index (χ1v) is 7.74. The van der Waals surface area contributed by atoms with Crippen LogP contribution in [0.5, 0.6) is 0 Å². The maximum absolute atomic E-state index is 4.63. The number of imidazole rings is 1. The Kier molecular flexibility index (Phi) is 4.00. The largest absolute Gasteiger partial charge is 0.337 e. The molecule has 2 heterocycles. The van der Waals surface area contributed by atoms with Gasteiger partial charge in [0.05, 0.1) is 11.0 Å². The highest BCUT2D eigenvalue weighted by Crippen LogP contribution is 2.20. The van der Waals surface area contributed by atoms with Gasteiger partial charge in [0.15, 0.2) is 5.82 Å². The van der Waals surface area contributed by atoms with Crippen LogP contribution in [0.15, 0.2) is 36.5 Å². The molecular formula is C18H21N3. The number of aromatic nitrogens is 3. The maximum atomic E-state index is 4.63. The Morgan fingerprint density at radius 1 is 1.05 bits per heavy atom. The van der Waals surface area contributed by atoms with Crippen LogP contribution in [0.1, 0.15) is 37.8 Å². The van der Waals surface area contributed by atoms with Crippen LogP contribution < -0.4 is 0 Å². The molecule has 0 unspecified atom stereocenters. The second-order valence-corrected chi connectivity index (χ2v) is 5.45. The average molecular weight is 279 g/mol. The van der Waals surface area contributed by atoms with Crippen molar-refractivity contribution in [2.24, 2.45) is 0 Å². The van der Waals surface area contributed by atoms with E-state index in [9.17, 15) is 0 Å². The second kappa shape index (κ2) is 6.08. The van der Waals surface area contributed by atoms with E-state index in [-0.39, 0.29) is 0 Å². The number of unbranched alkanes of at least 4 members (excludes halogenated alkanes) is 1. The van der Waals surface area contributed by atoms with Gasteiger partial charge in [0.2, 0.25) is 0 Å². The Hall–Kier alpha value is -2.16. The number of fused-ring (bicyclic) bond motifs is 1. The van der Waals surface area contributed by atoms with Crippen LogP contribution in [0.3, 0.4) is 0 Å². The summed E-state index contributed by atoms with van der Waals surface area (Å²) in [4.78, 5) is 12.6. The van der Waals surface area contributed by atoms with Crippen molar-refractivity contribution in [3.05, 3.63) is 47.7 Å². The van der Waals surface area contributed by atoms with Gasteiger partial charge in [-0.05, 0) is 48.6 Å². The molecule has 0 atom stereocenters. The molecule has 0 saturated heterocycles. The van der Waals surface area contributed by atoms with Gasteiger partial charge in [0.25, 0.3) is 0 Å². The molecule has 0 bridgehead atoms. The molecule has 21 heavy (non-hydrogen) atoms. The van der Waals surface area contributed by atoms with E-state index in [1.54, 1.807) is 0 Å². The number of rotatable bonds is 5. The summed E-state index contributed by atoms with van der Waals surface area (Å²) in [6.45, 7) is 4.37. The molecule has 0 saturated carbocycles. The molecule has 3 nitrogen and oxygen atoms in total. The molecule has 0 amide bonds. The van der Waals surface area contributed by atoms with E-state index in [0.717, 1.165) is 35.4 Å². The van der Waals surface area contributed by atoms with Gasteiger partial charge in [0.1, 0.15) is 5.69 Å². The predicted octanol–water partition coefficient (Wildman–Crippen LogP) is 4.53. The minimum atomic E-state index is 0.847. The summed E-state index contributed by atoms with van der Waals surface area (Å²) >= 11 is 0. The van der Waals surface area contributed by atoms with Crippen LogP contribution in [0, 0.1) is 0 Å². The van der Waals surface area contributed by atoms with E-state index in [1.807, 2.05) is 6.20 Å². The van der Waals surface area contributed by atoms with Gasteiger partial charge in [-0.3, -0.25) is 4.98 Å². The summed E-state index contributed by atoms with van der Waals surface area (Å²) in [5.41, 5.74) is 5.61. The molecule has 0 spiro atoms. The van der Waals surface area contributed by atoms with Crippen molar-refractivity contribution < 1.29 is 0 Å². The molecule has 1 aromatic carbocycles. The van der Waals surface area contributed by atoms with Crippen LogP contribution in [0.4, 0.5) is 0 Å². The fraction of sp³-hybridized carbons (Fsp3) is 0.333. The summed E-state index contributed by atoms with van der Waals surface area (Å²) < 4.78 is 0. The molecule has 108 valence electrons. The molecule has 0 fully saturated rings. The summed E-state index contributed by atoms with van der Waals surface area (Å²) in [5, 5.41) is 0. The third-order valence-electron chi connectivity index (χ3n) is 3.84. The Bertz CT molecular complexity index is 726. The highest BCUT2D eigenvalue weighted by atomic mass is 14.9. The van der Waals surface area contributed by atoms with Crippen LogP contribution in [-0.4, -0.2) is 15.0 Å². The molecule has 0 aliphatic rings. The van der Waals surface area contributed by atoms with Gasteiger partial charge in [-0.15, -0.1) is 0 Å². The lowest BCUT2D eigenvalue weighted by molar-refractivity contribution is 0.792. The molecule has 3 aromatic rings. The van der Waals surface area contributed by atoms with Crippen LogP contribution >= 0.6 is 0 Å². The molecule has 0 aliphatic heterocycles. The van der Waals surface area contributed by atoms with Gasteiger partial charge < -0.3 is 4.98 Å². The molecule has 0 aliphatic carbocycles. The van der Waals surface area contributed by atoms with Gasteiger partial charge in [-0.25, -0.2) is 4.98 Å². The molecule has 2 aromatic heterocycles. The van der Waals surface area contributed by atoms with E-state index in [2.05, 4.69) is 59.1 Å². The van der Waals surface area contributed by atoms with E-state index >= 15 is 0 Å². The first kappa shape index (κ1) is 13.8. The van der Waals surface area contributed by atoms with E-state index in [0.29, 0.717) is 0 Å². The molecule has 3 rings (SSSR count). The standard InChI is InChI=1S/C18H21N3/c1-3-5-6-14-8-10-16(19-12-14)18-20-15-9-7-13(4-2)11-17(15)21-18/h7-12H,3-6H2,1-2H3,(H,20,21). The van der Waals surface area contributed by atoms with Crippen LogP contribution in [0.25, 0.3) is 22.6 Å². The fourth-order valence-electron chi connectivity index (χ4n) is 2.49. The van der Waals surface area contributed by atoms with Gasteiger partial charge in [-0.2, -0.15) is 0 Å². The van der Waals surface area contributed by atoms with Crippen molar-refractivity contribution in [1.82, 2.24) is 15.0 Å². The lowest BCUT2D eigenvalue weighted by Crippen LogP contribution is -1.89. The van der Waals surface area contributed by atoms with Crippen molar-refractivity contribution in [3.8, 4) is 11.5 Å². The minimum absolute atomic E-state index is 0.847. The second-order valence-electron chi connectivity index (χ2n) is 5.45. The van der Waals surface area contributed by atoms with Crippen molar-refractivity contribution in [1.29, 1.82) is 0 Å². The summed E-state index contributed by atoms with van der Waals surface area (Å²) in [6.07, 6.45) is 6.53. The normalized spacial score (nSPS) is 11.1. The molecule has 0 radical (unpaired) electrons. The zero-order chi connectivity index (χ0) is 14.7. The highest BCUT2D eigenvalue weighted by molar-refractivity contribution is 5.79. The van der Waals surface area contributed by atoms with Crippen LogP contribution in [-0.2, 0) is 12.8 Å². The van der Waals surface area contributed by atoms with Gasteiger partial charge in [-0.1, -0.05) is 32.4 Å². The number of aromatic amines is 1. The minimum Gasteiger partial charge on any atom is -0.337 e. The first-order chi connectivity index (χ1) is 10.3. The van der Waals surface area contributed by atoms with Gasteiger partial charge >= 0.3 is 0 Å². The van der Waals surface area contributed by atoms with Crippen molar-refractivity contribution in [2.75, 3.05) is 0 Å². The first-order valence-electron chi connectivity index (χ1n) is 7.74. The molecular weight excluding hydrogens is 258 g/mol. The monoisotopic (exact) mass is 279 g/mol. The molecule has 1 N–H and O–H groups in total. The zero-order valence-electron chi connectivity index (χ0n) is 12.7. The summed E-state index contributed by atoms with van der Waals surface area (Å²) in [5.74, 6) is 0.847. The van der Waals surface area contributed by atoms with E-state index in [1.165, 1.54) is 24.0 Å². The Morgan fingerprint density at radius 2 is 1.90 bits per heavy atom. The topological polar surface area (TPSA) is 41.6 Å². The number of hydrogen-bond donors (Lipinski definition) is 1. The highest BCUT2D eigenvalue weighted by Gasteiger charge is 2.07. The number of benzene rings is 1. The lowest BCUT2D eigenvalue weighted by Gasteiger charge is -2.00. The Morgan fingerprint density at radius 3 is 2.62 bits per heavy atom. The zero-order valence-corrected chi connectivity index (χ0v) is 12.7. The number of hydrogen-bond acceptors (Lipinski definition) is 2. The third kappa shape index (κ3) is 2.97. The van der Waals surface area contributed by atoms with Crippen LogP contribution in [0.2, 0.25) is 0 Å². The number of aryl methyl sites for hydroxylation is 2. The number of pyridine rings is 1. The van der Waals surface area contributed by atoms with Gasteiger partial charge in [0, 0.05) is 6.20 Å². The Labute approximate surface area is 125 Å². The number of H-pyrrole nitrogens is 1. The maximum Gasteiger partial charge on any atom is 0.157 e. The predicted molar refractivity (Wildman–Crippen MR) is 87.3 cm³/mol. The third-order valence-corrected chi connectivity index (χ3v) is 3.84. The lowest BCUT2D eigenvalue weighted by atomic mass is 10.1. The number of nitrogens with zero attached hydrogens (tertiary/aromatic N) is 2. The quantitative estimate of drug-likeness (QED) is 0.745.